The summed E-state index contributed by atoms with van der Waals surface area (Å²) < 4.78 is 0. The van der Waals surface area contributed by atoms with Gasteiger partial charge in [-0.15, -0.1) is 0 Å². The van der Waals surface area contributed by atoms with Crippen molar-refractivity contribution in [1.82, 2.24) is 10.6 Å². The molecule has 0 saturated carbocycles. The van der Waals surface area contributed by atoms with E-state index in [1.54, 1.807) is 41.5 Å². The Kier molecular flexibility index (Phi) is 6.96. The minimum Gasteiger partial charge on any atom is -0.387 e. The van der Waals surface area contributed by atoms with Crippen molar-refractivity contribution in [3.8, 4) is 0 Å². The lowest BCUT2D eigenvalue weighted by atomic mass is 9.99. The van der Waals surface area contributed by atoms with Gasteiger partial charge in [0.05, 0.1) is 0 Å². The molecular formula is C14H28N2O6. The van der Waals surface area contributed by atoms with Crippen LogP contribution in [0.15, 0.2) is 0 Å². The topological polar surface area (TPSA) is 139 Å². The third-order valence-corrected chi connectivity index (χ3v) is 2.53. The average molecular weight is 320 g/mol. The first kappa shape index (κ1) is 20.8. The lowest BCUT2D eigenvalue weighted by Crippen LogP contribution is -2.57. The molecule has 0 rings (SSSR count). The average Bonchev–Trinajstić information content (AvgIpc) is 2.30. The zero-order valence-electron chi connectivity index (χ0n) is 13.9. The summed E-state index contributed by atoms with van der Waals surface area (Å²) in [7, 11) is 0. The molecule has 0 saturated heterocycles. The Labute approximate surface area is 130 Å². The van der Waals surface area contributed by atoms with Crippen LogP contribution in [0.25, 0.3) is 0 Å². The van der Waals surface area contributed by atoms with Gasteiger partial charge in [0.2, 0.25) is 0 Å². The van der Waals surface area contributed by atoms with E-state index in [1.165, 1.54) is 0 Å². The molecule has 0 unspecified atom stereocenters. The van der Waals surface area contributed by atoms with Gasteiger partial charge in [-0.1, -0.05) is 0 Å². The zero-order chi connectivity index (χ0) is 17.9. The van der Waals surface area contributed by atoms with Gasteiger partial charge in [0.15, 0.2) is 12.2 Å². The van der Waals surface area contributed by atoms with E-state index in [2.05, 4.69) is 10.6 Å². The van der Waals surface area contributed by atoms with Crippen molar-refractivity contribution < 1.29 is 30.0 Å². The minimum atomic E-state index is -2.01. The smallest absolute Gasteiger partial charge is 0.252 e. The molecule has 2 amide bonds. The number of aliphatic hydroxyl groups is 4. The molecule has 0 aromatic carbocycles. The van der Waals surface area contributed by atoms with Crippen LogP contribution in [0, 0.1) is 0 Å². The molecule has 0 aliphatic heterocycles. The van der Waals surface area contributed by atoms with E-state index in [9.17, 15) is 30.0 Å². The van der Waals surface area contributed by atoms with Crippen LogP contribution in [-0.4, -0.2) is 67.7 Å². The van der Waals surface area contributed by atoms with Gasteiger partial charge in [0.25, 0.3) is 11.8 Å². The molecule has 8 nitrogen and oxygen atoms in total. The van der Waals surface area contributed by atoms with Gasteiger partial charge in [0.1, 0.15) is 12.2 Å². The number of nitrogens with one attached hydrogen (secondary N) is 2. The monoisotopic (exact) mass is 320 g/mol. The van der Waals surface area contributed by atoms with Gasteiger partial charge in [-0.2, -0.15) is 0 Å². The summed E-state index contributed by atoms with van der Waals surface area (Å²) in [6, 6.07) is 0. The summed E-state index contributed by atoms with van der Waals surface area (Å²) in [5, 5.41) is 43.8. The molecule has 0 bridgehead atoms. The van der Waals surface area contributed by atoms with E-state index in [4.69, 9.17) is 0 Å². The van der Waals surface area contributed by atoms with E-state index in [1.807, 2.05) is 0 Å². The fourth-order valence-corrected chi connectivity index (χ4v) is 1.57. The Balaban J connectivity index is 4.80. The van der Waals surface area contributed by atoms with Crippen LogP contribution in [-0.2, 0) is 9.59 Å². The molecule has 130 valence electrons. The number of rotatable bonds is 5. The van der Waals surface area contributed by atoms with E-state index in [-0.39, 0.29) is 0 Å². The van der Waals surface area contributed by atoms with Gasteiger partial charge in [0, 0.05) is 11.1 Å². The van der Waals surface area contributed by atoms with Gasteiger partial charge in [-0.25, -0.2) is 0 Å². The maximum atomic E-state index is 11.7. The van der Waals surface area contributed by atoms with Crippen LogP contribution in [0.2, 0.25) is 0 Å². The fourth-order valence-electron chi connectivity index (χ4n) is 1.57. The molecule has 8 heteroatoms. The van der Waals surface area contributed by atoms with Crippen molar-refractivity contribution >= 4 is 11.8 Å². The quantitative estimate of drug-likeness (QED) is 0.355. The van der Waals surface area contributed by atoms with E-state index in [0.29, 0.717) is 0 Å². The summed E-state index contributed by atoms with van der Waals surface area (Å²) in [4.78, 5) is 23.4. The molecule has 0 aromatic rings. The number of hydrogen-bond donors (Lipinski definition) is 6. The number of carbonyl (C=O) groups excluding carboxylic acids is 2. The number of aliphatic hydroxyl groups excluding tert-OH is 4. The van der Waals surface area contributed by atoms with Crippen LogP contribution < -0.4 is 10.6 Å². The highest BCUT2D eigenvalue weighted by atomic mass is 16.4. The first-order valence-electron chi connectivity index (χ1n) is 7.02. The van der Waals surface area contributed by atoms with Crippen LogP contribution in [0.3, 0.4) is 0 Å². The van der Waals surface area contributed by atoms with Crippen LogP contribution in [0.5, 0.6) is 0 Å². The molecule has 6 N–H and O–H groups in total. The number of carbonyl (C=O) groups is 2. The van der Waals surface area contributed by atoms with Gasteiger partial charge in [-0.3, -0.25) is 9.59 Å². The highest BCUT2D eigenvalue weighted by molar-refractivity contribution is 5.83. The molecule has 0 aromatic heterocycles. The highest BCUT2D eigenvalue weighted by Crippen LogP contribution is 2.09. The largest absolute Gasteiger partial charge is 0.387 e. The summed E-state index contributed by atoms with van der Waals surface area (Å²) in [6.45, 7) is 10.0. The normalized spacial score (nSPS) is 18.1. The Morgan fingerprint density at radius 2 is 0.909 bits per heavy atom. The maximum absolute atomic E-state index is 11.7. The minimum absolute atomic E-state index is 0.648. The SMILES string of the molecule is CC(C)(C)NC(=O)[C@@H](O)[C@H](O)[C@@H](O)[C@H](O)C(=O)NC(C)(C)C. The summed E-state index contributed by atoms with van der Waals surface area (Å²) in [5.74, 6) is -1.83. The summed E-state index contributed by atoms with van der Waals surface area (Å²) in [5.41, 5.74) is -1.30. The third kappa shape index (κ3) is 7.17. The second-order valence-corrected chi connectivity index (χ2v) is 7.35. The molecule has 0 aliphatic rings. The van der Waals surface area contributed by atoms with Crippen molar-refractivity contribution in [2.45, 2.75) is 77.0 Å². The van der Waals surface area contributed by atoms with Crippen LogP contribution in [0.4, 0.5) is 0 Å². The second-order valence-electron chi connectivity index (χ2n) is 7.35. The molecule has 0 heterocycles. The first-order chi connectivity index (χ1) is 9.65. The van der Waals surface area contributed by atoms with Crippen molar-refractivity contribution in [3.05, 3.63) is 0 Å². The van der Waals surface area contributed by atoms with E-state index < -0.39 is 47.3 Å². The summed E-state index contributed by atoms with van der Waals surface area (Å²) >= 11 is 0. The van der Waals surface area contributed by atoms with Crippen molar-refractivity contribution in [2.75, 3.05) is 0 Å². The number of amides is 2. The van der Waals surface area contributed by atoms with Crippen LogP contribution in [0.1, 0.15) is 41.5 Å². The third-order valence-electron chi connectivity index (χ3n) is 2.53. The van der Waals surface area contributed by atoms with E-state index >= 15 is 0 Å². The van der Waals surface area contributed by atoms with Gasteiger partial charge < -0.3 is 31.1 Å². The predicted molar refractivity (Wildman–Crippen MR) is 79.8 cm³/mol. The van der Waals surface area contributed by atoms with Crippen LogP contribution >= 0.6 is 0 Å². The summed E-state index contributed by atoms with van der Waals surface area (Å²) in [6.07, 6.45) is -7.98. The molecule has 22 heavy (non-hydrogen) atoms. The Hall–Kier alpha value is -1.22. The molecular weight excluding hydrogens is 292 g/mol. The maximum Gasteiger partial charge on any atom is 0.252 e. The van der Waals surface area contributed by atoms with Gasteiger partial charge in [-0.05, 0) is 41.5 Å². The second kappa shape index (κ2) is 7.36. The number of hydrogen-bond acceptors (Lipinski definition) is 6. The first-order valence-corrected chi connectivity index (χ1v) is 7.02. The molecule has 0 fully saturated rings. The standard InChI is InChI=1S/C14H28N2O6/c1-13(2,3)15-11(21)9(19)7(17)8(18)10(20)12(22)16-14(4,5)6/h7-10,17-20H,1-6H3,(H,15,21)(H,16,22)/t7-,8-,9+,10+/m1/s1. The lowest BCUT2D eigenvalue weighted by Gasteiger charge is -2.29. The predicted octanol–water partition coefficient (Wildman–Crippen LogP) is -1.74. The van der Waals surface area contributed by atoms with Crippen molar-refractivity contribution in [3.63, 3.8) is 0 Å². The van der Waals surface area contributed by atoms with E-state index in [0.717, 1.165) is 0 Å². The highest BCUT2D eigenvalue weighted by Gasteiger charge is 2.38. The molecule has 0 aliphatic carbocycles. The van der Waals surface area contributed by atoms with Gasteiger partial charge >= 0.3 is 0 Å². The molecule has 0 radical (unpaired) electrons. The Bertz CT molecular complexity index is 361. The Morgan fingerprint density at radius 1 is 0.682 bits per heavy atom. The van der Waals surface area contributed by atoms with Crippen molar-refractivity contribution in [1.29, 1.82) is 0 Å². The fraction of sp³-hybridized carbons (Fsp3) is 0.857. The molecule has 0 spiro atoms. The molecule has 4 atom stereocenters. The lowest BCUT2D eigenvalue weighted by molar-refractivity contribution is -0.157. The van der Waals surface area contributed by atoms with Crippen molar-refractivity contribution in [2.24, 2.45) is 0 Å². The zero-order valence-corrected chi connectivity index (χ0v) is 13.9. The Morgan fingerprint density at radius 3 is 1.09 bits per heavy atom.